The van der Waals surface area contributed by atoms with E-state index in [4.69, 9.17) is 4.42 Å². The number of hydrogen-bond acceptors (Lipinski definition) is 2. The van der Waals surface area contributed by atoms with Crippen LogP contribution in [0.4, 0.5) is 4.39 Å². The lowest BCUT2D eigenvalue weighted by atomic mass is 10.1. The van der Waals surface area contributed by atoms with Gasteiger partial charge >= 0.3 is 0 Å². The first kappa shape index (κ1) is 17.7. The molecular weight excluding hydrogens is 384 g/mol. The zero-order valence-corrected chi connectivity index (χ0v) is 14.8. The first-order valence-electron chi connectivity index (χ1n) is 6.85. The van der Waals surface area contributed by atoms with Crippen LogP contribution in [-0.4, -0.2) is 19.0 Å². The van der Waals surface area contributed by atoms with E-state index in [1.54, 1.807) is 6.07 Å². The molecule has 0 unspecified atom stereocenters. The number of hydrogen-bond donors (Lipinski definition) is 2. The van der Waals surface area contributed by atoms with Crippen molar-refractivity contribution in [1.29, 1.82) is 0 Å². The fourth-order valence-electron chi connectivity index (χ4n) is 2.05. The minimum atomic E-state index is -0.252. The monoisotopic (exact) mass is 405 g/mol. The number of aliphatic imine (C=N–C) groups is 1. The van der Waals surface area contributed by atoms with E-state index in [1.807, 2.05) is 20.8 Å². The molecule has 0 aliphatic carbocycles. The first-order valence-corrected chi connectivity index (χ1v) is 6.85. The van der Waals surface area contributed by atoms with Crippen LogP contribution in [0.15, 0.2) is 27.6 Å². The Kier molecular flexibility index (Phi) is 6.94. The maximum Gasteiger partial charge on any atom is 0.191 e. The minimum Gasteiger partial charge on any atom is -0.459 e. The fourth-order valence-corrected chi connectivity index (χ4v) is 2.05. The second-order valence-electron chi connectivity index (χ2n) is 4.52. The van der Waals surface area contributed by atoms with E-state index < -0.39 is 0 Å². The van der Waals surface area contributed by atoms with Crippen molar-refractivity contribution in [2.24, 2.45) is 4.99 Å². The Morgan fingerprint density at radius 3 is 2.52 bits per heavy atom. The molecule has 0 aliphatic heterocycles. The summed E-state index contributed by atoms with van der Waals surface area (Å²) in [5, 5.41) is 7.12. The fraction of sp³-hybridized carbons (Fsp3) is 0.400. The molecule has 2 rings (SSSR count). The van der Waals surface area contributed by atoms with Gasteiger partial charge in [-0.2, -0.15) is 0 Å². The molecule has 2 aromatic rings. The molecular formula is C15H21FIN3O. The molecule has 0 bridgehead atoms. The van der Waals surface area contributed by atoms with Gasteiger partial charge in [0.05, 0.1) is 0 Å². The van der Waals surface area contributed by atoms with Crippen molar-refractivity contribution in [3.63, 3.8) is 0 Å². The molecule has 0 spiro atoms. The molecule has 0 radical (unpaired) electrons. The van der Waals surface area contributed by atoms with Crippen molar-refractivity contribution in [1.82, 2.24) is 10.6 Å². The summed E-state index contributed by atoms with van der Waals surface area (Å²) in [5.41, 5.74) is 1.64. The van der Waals surface area contributed by atoms with Gasteiger partial charge in [-0.15, -0.1) is 24.0 Å². The summed E-state index contributed by atoms with van der Waals surface area (Å²) in [5.74, 6) is 1.26. The molecule has 0 atom stereocenters. The molecule has 116 valence electrons. The molecule has 6 heteroatoms. The first-order chi connectivity index (χ1) is 9.65. The Morgan fingerprint density at radius 1 is 1.24 bits per heavy atom. The standard InChI is InChI=1S/C15H20FN3O.HI/c1-4-17-15(18-5-2)19-9-14-10(3)12-8-11(16)6-7-13(12)20-14;/h6-8H,4-5,9H2,1-3H3,(H2,17,18,19);1H. The Bertz CT molecular complexity index is 617. The highest BCUT2D eigenvalue weighted by Gasteiger charge is 2.10. The number of rotatable bonds is 4. The van der Waals surface area contributed by atoms with Crippen molar-refractivity contribution < 1.29 is 8.81 Å². The zero-order valence-electron chi connectivity index (χ0n) is 12.5. The lowest BCUT2D eigenvalue weighted by Gasteiger charge is -2.08. The third-order valence-corrected chi connectivity index (χ3v) is 3.07. The Labute approximate surface area is 141 Å². The van der Waals surface area contributed by atoms with E-state index in [1.165, 1.54) is 12.1 Å². The molecule has 0 amide bonds. The molecule has 1 heterocycles. The number of fused-ring (bicyclic) bond motifs is 1. The van der Waals surface area contributed by atoms with E-state index in [0.717, 1.165) is 35.8 Å². The van der Waals surface area contributed by atoms with Gasteiger partial charge < -0.3 is 15.1 Å². The largest absolute Gasteiger partial charge is 0.459 e. The topological polar surface area (TPSA) is 49.6 Å². The van der Waals surface area contributed by atoms with Crippen LogP contribution in [0.2, 0.25) is 0 Å². The van der Waals surface area contributed by atoms with Crippen LogP contribution in [0.25, 0.3) is 11.0 Å². The normalized spacial score (nSPS) is 10.1. The van der Waals surface area contributed by atoms with Crippen molar-refractivity contribution in [2.45, 2.75) is 27.3 Å². The van der Waals surface area contributed by atoms with E-state index in [2.05, 4.69) is 15.6 Å². The third kappa shape index (κ3) is 4.33. The van der Waals surface area contributed by atoms with Gasteiger partial charge in [-0.25, -0.2) is 9.38 Å². The summed E-state index contributed by atoms with van der Waals surface area (Å²) in [7, 11) is 0. The summed E-state index contributed by atoms with van der Waals surface area (Å²) < 4.78 is 19.0. The number of aryl methyl sites for hydroxylation is 1. The van der Waals surface area contributed by atoms with Crippen LogP contribution in [0.1, 0.15) is 25.2 Å². The van der Waals surface area contributed by atoms with Gasteiger partial charge in [-0.3, -0.25) is 0 Å². The lowest BCUT2D eigenvalue weighted by Crippen LogP contribution is -2.36. The summed E-state index contributed by atoms with van der Waals surface area (Å²) >= 11 is 0. The highest BCUT2D eigenvalue weighted by atomic mass is 127. The van der Waals surface area contributed by atoms with Crippen LogP contribution in [0.3, 0.4) is 0 Å². The summed E-state index contributed by atoms with van der Waals surface area (Å²) in [6.07, 6.45) is 0. The van der Waals surface area contributed by atoms with E-state index >= 15 is 0 Å². The average Bonchev–Trinajstić information content (AvgIpc) is 2.73. The van der Waals surface area contributed by atoms with Crippen molar-refractivity contribution in [2.75, 3.05) is 13.1 Å². The van der Waals surface area contributed by atoms with Gasteiger partial charge in [0.2, 0.25) is 0 Å². The summed E-state index contributed by atoms with van der Waals surface area (Å²) in [4.78, 5) is 4.46. The highest BCUT2D eigenvalue weighted by Crippen LogP contribution is 2.26. The van der Waals surface area contributed by atoms with Crippen LogP contribution in [0, 0.1) is 12.7 Å². The second-order valence-corrected chi connectivity index (χ2v) is 4.52. The van der Waals surface area contributed by atoms with Crippen LogP contribution < -0.4 is 10.6 Å². The average molecular weight is 405 g/mol. The van der Waals surface area contributed by atoms with Crippen molar-refractivity contribution in [3.05, 3.63) is 35.3 Å². The molecule has 2 N–H and O–H groups in total. The quantitative estimate of drug-likeness (QED) is 0.465. The lowest BCUT2D eigenvalue weighted by molar-refractivity contribution is 0.547. The maximum absolute atomic E-state index is 13.3. The number of furan rings is 1. The maximum atomic E-state index is 13.3. The SMILES string of the molecule is CCNC(=NCc1oc2ccc(F)cc2c1C)NCC.I. The Hall–Kier alpha value is -1.31. The zero-order chi connectivity index (χ0) is 14.5. The number of nitrogens with zero attached hydrogens (tertiary/aromatic N) is 1. The Morgan fingerprint density at radius 2 is 1.90 bits per heavy atom. The minimum absolute atomic E-state index is 0. The third-order valence-electron chi connectivity index (χ3n) is 3.07. The Balaban J connectivity index is 0.00000220. The van der Waals surface area contributed by atoms with E-state index in [-0.39, 0.29) is 29.8 Å². The predicted octanol–water partition coefficient (Wildman–Crippen LogP) is 3.57. The van der Waals surface area contributed by atoms with Crippen LogP contribution in [-0.2, 0) is 6.54 Å². The van der Waals surface area contributed by atoms with Crippen molar-refractivity contribution >= 4 is 40.9 Å². The van der Waals surface area contributed by atoms with E-state index in [9.17, 15) is 4.39 Å². The van der Waals surface area contributed by atoms with Gasteiger partial charge in [0, 0.05) is 24.0 Å². The predicted molar refractivity (Wildman–Crippen MR) is 94.8 cm³/mol. The molecule has 4 nitrogen and oxygen atoms in total. The smallest absolute Gasteiger partial charge is 0.191 e. The van der Waals surface area contributed by atoms with Crippen LogP contribution in [0.5, 0.6) is 0 Å². The molecule has 0 aliphatic rings. The molecule has 0 fully saturated rings. The van der Waals surface area contributed by atoms with Gasteiger partial charge in [0.25, 0.3) is 0 Å². The summed E-state index contributed by atoms with van der Waals surface area (Å²) in [6.45, 7) is 7.99. The van der Waals surface area contributed by atoms with Gasteiger partial charge in [0.1, 0.15) is 23.7 Å². The molecule has 1 aromatic heterocycles. The number of nitrogens with one attached hydrogen (secondary N) is 2. The molecule has 0 saturated carbocycles. The molecule has 0 saturated heterocycles. The number of halogens is 2. The molecule has 21 heavy (non-hydrogen) atoms. The van der Waals surface area contributed by atoms with Crippen LogP contribution >= 0.6 is 24.0 Å². The van der Waals surface area contributed by atoms with Crippen molar-refractivity contribution in [3.8, 4) is 0 Å². The van der Waals surface area contributed by atoms with Gasteiger partial charge in [-0.1, -0.05) is 0 Å². The summed E-state index contributed by atoms with van der Waals surface area (Å²) in [6, 6.07) is 4.55. The second kappa shape index (κ2) is 8.21. The number of benzene rings is 1. The van der Waals surface area contributed by atoms with Gasteiger partial charge in [-0.05, 0) is 39.0 Å². The van der Waals surface area contributed by atoms with Gasteiger partial charge in [0.15, 0.2) is 5.96 Å². The molecule has 1 aromatic carbocycles. The number of guanidine groups is 1. The highest BCUT2D eigenvalue weighted by molar-refractivity contribution is 14.0. The van der Waals surface area contributed by atoms with E-state index in [0.29, 0.717) is 12.1 Å².